The molecule has 1 fully saturated rings. The molecule has 1 saturated heterocycles. The van der Waals surface area contributed by atoms with Crippen molar-refractivity contribution in [1.29, 1.82) is 5.26 Å². The van der Waals surface area contributed by atoms with Crippen LogP contribution in [0.2, 0.25) is 0 Å². The van der Waals surface area contributed by atoms with Crippen LogP contribution < -0.4 is 10.6 Å². The Kier molecular flexibility index (Phi) is 2.97. The van der Waals surface area contributed by atoms with E-state index in [1.807, 2.05) is 13.0 Å². The maximum Gasteiger partial charge on any atom is 0.170 e. The van der Waals surface area contributed by atoms with Gasteiger partial charge in [0.05, 0.1) is 17.0 Å². The first-order valence-electron chi connectivity index (χ1n) is 5.87. The van der Waals surface area contributed by atoms with Gasteiger partial charge in [-0.2, -0.15) is 10.4 Å². The molecule has 0 aliphatic carbocycles. The minimum Gasteiger partial charge on any atom is -0.383 e. The van der Waals surface area contributed by atoms with Crippen molar-refractivity contribution >= 4 is 21.5 Å². The lowest BCUT2D eigenvalue weighted by Crippen LogP contribution is -2.33. The largest absolute Gasteiger partial charge is 0.383 e. The lowest BCUT2D eigenvalue weighted by molar-refractivity contribution is 0.334. The Hall–Kier alpha value is -1.75. The summed E-state index contributed by atoms with van der Waals surface area (Å²) in [6.45, 7) is 1.81. The molecule has 1 aromatic rings. The minimum absolute atomic E-state index is 0.00359. The van der Waals surface area contributed by atoms with Crippen molar-refractivity contribution in [2.75, 3.05) is 36.2 Å². The summed E-state index contributed by atoms with van der Waals surface area (Å²) in [4.78, 5) is 1.69. The molecule has 2 heterocycles. The van der Waals surface area contributed by atoms with Gasteiger partial charge in [0.15, 0.2) is 15.7 Å². The van der Waals surface area contributed by atoms with Crippen molar-refractivity contribution in [3.05, 3.63) is 5.56 Å². The molecule has 0 bridgehead atoms. The molecule has 0 spiro atoms. The molecule has 0 aromatic carbocycles. The average Bonchev–Trinajstić information content (AvgIpc) is 2.77. The Bertz CT molecular complexity index is 655. The van der Waals surface area contributed by atoms with E-state index >= 15 is 0 Å². The van der Waals surface area contributed by atoms with E-state index in [-0.39, 0.29) is 22.9 Å². The maximum absolute atomic E-state index is 11.7. The van der Waals surface area contributed by atoms with E-state index in [2.05, 4.69) is 5.10 Å². The smallest absolute Gasteiger partial charge is 0.170 e. The number of hydrogen-bond donors (Lipinski definition) is 1. The van der Waals surface area contributed by atoms with Gasteiger partial charge in [0.25, 0.3) is 0 Å². The molecule has 7 nitrogen and oxygen atoms in total. The van der Waals surface area contributed by atoms with Crippen LogP contribution in [0.5, 0.6) is 0 Å². The van der Waals surface area contributed by atoms with Crippen LogP contribution in [-0.4, -0.2) is 43.8 Å². The van der Waals surface area contributed by atoms with Gasteiger partial charge in [-0.25, -0.2) is 13.1 Å². The Morgan fingerprint density at radius 1 is 1.53 bits per heavy atom. The third-order valence-corrected chi connectivity index (χ3v) is 5.32. The van der Waals surface area contributed by atoms with Gasteiger partial charge in [-0.1, -0.05) is 0 Å². The van der Waals surface area contributed by atoms with Crippen LogP contribution in [0.3, 0.4) is 0 Å². The average molecular weight is 283 g/mol. The molecule has 0 saturated carbocycles. The molecule has 8 heteroatoms. The second-order valence-corrected chi connectivity index (χ2v) is 7.52. The summed E-state index contributed by atoms with van der Waals surface area (Å²) in [6, 6.07) is 2.03. The molecule has 19 heavy (non-hydrogen) atoms. The molecular formula is C11H17N5O2S. The normalized spacial score (nSPS) is 25.2. The minimum atomic E-state index is -3.06. The highest BCUT2D eigenvalue weighted by molar-refractivity contribution is 7.91. The fraction of sp³-hybridized carbons (Fsp3) is 0.636. The number of rotatable bonds is 2. The summed E-state index contributed by atoms with van der Waals surface area (Å²) in [7, 11) is 0.467. The summed E-state index contributed by atoms with van der Waals surface area (Å²) in [6.07, 6.45) is 0.457. The summed E-state index contributed by atoms with van der Waals surface area (Å²) < 4.78 is 24.8. The van der Waals surface area contributed by atoms with Crippen LogP contribution in [0.1, 0.15) is 18.9 Å². The topological polar surface area (TPSA) is 105 Å². The van der Waals surface area contributed by atoms with Gasteiger partial charge in [-0.15, -0.1) is 0 Å². The summed E-state index contributed by atoms with van der Waals surface area (Å²) >= 11 is 0. The zero-order valence-electron chi connectivity index (χ0n) is 11.2. The number of hydrogen-bond acceptors (Lipinski definition) is 6. The first-order chi connectivity index (χ1) is 8.70. The van der Waals surface area contributed by atoms with Crippen LogP contribution in [0.15, 0.2) is 0 Å². The number of anilines is 2. The Morgan fingerprint density at radius 2 is 2.16 bits per heavy atom. The highest BCUT2D eigenvalue weighted by atomic mass is 32.2. The van der Waals surface area contributed by atoms with Crippen LogP contribution in [0, 0.1) is 11.3 Å². The standard InChI is InChI=1S/C11H17N5O2S/c1-11(4-5-19(17,18)7-11)16-9(13)8(6-12)10(14-16)15(2)3/h4-5,7,13H2,1-3H3. The molecular weight excluding hydrogens is 266 g/mol. The van der Waals surface area contributed by atoms with Crippen molar-refractivity contribution in [2.45, 2.75) is 18.9 Å². The number of nitrogen functional groups attached to an aromatic ring is 1. The lowest BCUT2D eigenvalue weighted by Gasteiger charge is -2.24. The third kappa shape index (κ3) is 2.14. The first-order valence-corrected chi connectivity index (χ1v) is 7.69. The Labute approximate surface area is 112 Å². The van der Waals surface area contributed by atoms with Crippen molar-refractivity contribution in [3.8, 4) is 6.07 Å². The van der Waals surface area contributed by atoms with Crippen LogP contribution >= 0.6 is 0 Å². The molecule has 1 atom stereocenters. The van der Waals surface area contributed by atoms with Crippen LogP contribution in [0.25, 0.3) is 0 Å². The Morgan fingerprint density at radius 3 is 2.53 bits per heavy atom. The number of sulfone groups is 1. The fourth-order valence-corrected chi connectivity index (χ4v) is 4.52. The molecule has 1 aliphatic heterocycles. The van der Waals surface area contributed by atoms with Gasteiger partial charge < -0.3 is 10.6 Å². The molecule has 0 amide bonds. The highest BCUT2D eigenvalue weighted by Gasteiger charge is 2.42. The Balaban J connectivity index is 2.56. The van der Waals surface area contributed by atoms with E-state index in [4.69, 9.17) is 11.0 Å². The van der Waals surface area contributed by atoms with Crippen molar-refractivity contribution in [2.24, 2.45) is 0 Å². The second-order valence-electron chi connectivity index (χ2n) is 5.34. The highest BCUT2D eigenvalue weighted by Crippen LogP contribution is 2.35. The molecule has 104 valence electrons. The summed E-state index contributed by atoms with van der Waals surface area (Å²) in [5.41, 5.74) is 5.57. The van der Waals surface area contributed by atoms with Gasteiger partial charge in [0.1, 0.15) is 17.5 Å². The van der Waals surface area contributed by atoms with Crippen molar-refractivity contribution in [3.63, 3.8) is 0 Å². The van der Waals surface area contributed by atoms with Crippen molar-refractivity contribution in [1.82, 2.24) is 9.78 Å². The van der Waals surface area contributed by atoms with E-state index in [9.17, 15) is 8.42 Å². The number of aromatic nitrogens is 2. The molecule has 0 radical (unpaired) electrons. The van der Waals surface area contributed by atoms with E-state index in [0.717, 1.165) is 0 Å². The first kappa shape index (κ1) is 13.7. The molecule has 1 unspecified atom stereocenters. The van der Waals surface area contributed by atoms with E-state index in [1.165, 1.54) is 4.68 Å². The number of nitrogens with two attached hydrogens (primary N) is 1. The van der Waals surface area contributed by atoms with Gasteiger partial charge in [0.2, 0.25) is 0 Å². The fourth-order valence-electron chi connectivity index (χ4n) is 2.41. The predicted octanol–water partition coefficient (Wildman–Crippen LogP) is -0.0633. The third-order valence-electron chi connectivity index (χ3n) is 3.43. The molecule has 2 N–H and O–H groups in total. The van der Waals surface area contributed by atoms with Gasteiger partial charge in [-0.05, 0) is 13.3 Å². The summed E-state index contributed by atoms with van der Waals surface area (Å²) in [5.74, 6) is 0.822. The van der Waals surface area contributed by atoms with Crippen LogP contribution in [-0.2, 0) is 15.4 Å². The quantitative estimate of drug-likeness (QED) is 0.815. The maximum atomic E-state index is 11.7. The molecule has 1 aliphatic rings. The van der Waals surface area contributed by atoms with Crippen LogP contribution in [0.4, 0.5) is 11.6 Å². The van der Waals surface area contributed by atoms with Gasteiger partial charge in [0, 0.05) is 14.1 Å². The second kappa shape index (κ2) is 4.13. The molecule has 1 aromatic heterocycles. The van der Waals surface area contributed by atoms with E-state index in [0.29, 0.717) is 12.2 Å². The van der Waals surface area contributed by atoms with E-state index in [1.54, 1.807) is 19.0 Å². The van der Waals surface area contributed by atoms with Crippen molar-refractivity contribution < 1.29 is 8.42 Å². The SMILES string of the molecule is CN(C)c1nn(C2(C)CCS(=O)(=O)C2)c(N)c1C#N. The number of nitrogens with zero attached hydrogens (tertiary/aromatic N) is 4. The molecule has 2 rings (SSSR count). The summed E-state index contributed by atoms with van der Waals surface area (Å²) in [5, 5.41) is 13.5. The van der Waals surface area contributed by atoms with E-state index < -0.39 is 15.4 Å². The van der Waals surface area contributed by atoms with Gasteiger partial charge >= 0.3 is 0 Å². The number of nitriles is 1. The zero-order chi connectivity index (χ0) is 14.4. The monoisotopic (exact) mass is 283 g/mol. The predicted molar refractivity (Wildman–Crippen MR) is 72.6 cm³/mol. The zero-order valence-corrected chi connectivity index (χ0v) is 12.0. The lowest BCUT2D eigenvalue weighted by atomic mass is 10.0. The van der Waals surface area contributed by atoms with Gasteiger partial charge in [-0.3, -0.25) is 0 Å².